The lowest BCUT2D eigenvalue weighted by atomic mass is 10.2. The number of hydrogen-bond donors (Lipinski definition) is 2. The molecule has 0 aliphatic carbocycles. The molecule has 0 fully saturated rings. The normalized spacial score (nSPS) is 10.6. The van der Waals surface area contributed by atoms with Gasteiger partial charge in [-0.1, -0.05) is 18.2 Å². The molecule has 2 N–H and O–H groups in total. The van der Waals surface area contributed by atoms with E-state index >= 15 is 0 Å². The average Bonchev–Trinajstić information content (AvgIpc) is 2.70. The van der Waals surface area contributed by atoms with Crippen molar-refractivity contribution in [1.82, 2.24) is 9.97 Å². The first-order chi connectivity index (χ1) is 13.2. The van der Waals surface area contributed by atoms with E-state index < -0.39 is 0 Å². The summed E-state index contributed by atoms with van der Waals surface area (Å²) in [4.78, 5) is 21.0. The van der Waals surface area contributed by atoms with Crippen molar-refractivity contribution < 1.29 is 9.18 Å². The molecule has 2 aromatic heterocycles. The lowest BCUT2D eigenvalue weighted by Crippen LogP contribution is -2.14. The number of carbonyl (C=O) groups excluding carboxylic acids is 1. The van der Waals surface area contributed by atoms with E-state index in [1.165, 1.54) is 12.1 Å². The number of halogens is 1. The summed E-state index contributed by atoms with van der Waals surface area (Å²) in [5.41, 5.74) is 3.08. The van der Waals surface area contributed by atoms with Crippen molar-refractivity contribution in [3.8, 4) is 0 Å². The Labute approximate surface area is 154 Å². The lowest BCUT2D eigenvalue weighted by Gasteiger charge is -2.09. The first kappa shape index (κ1) is 16.7. The largest absolute Gasteiger partial charge is 0.354 e. The molecule has 0 aliphatic heterocycles. The SMILES string of the molecule is O=C(Nc1cccc2cccnc12)c1ccc(Nc2ccc(F)cc2)cn1. The maximum Gasteiger partial charge on any atom is 0.274 e. The van der Waals surface area contributed by atoms with Crippen molar-refractivity contribution in [2.24, 2.45) is 0 Å². The minimum atomic E-state index is -0.318. The molecule has 2 heterocycles. The van der Waals surface area contributed by atoms with Gasteiger partial charge in [-0.25, -0.2) is 9.37 Å². The highest BCUT2D eigenvalue weighted by atomic mass is 19.1. The van der Waals surface area contributed by atoms with Crippen molar-refractivity contribution in [1.29, 1.82) is 0 Å². The van der Waals surface area contributed by atoms with Gasteiger partial charge in [0.25, 0.3) is 5.91 Å². The molecule has 4 aromatic rings. The van der Waals surface area contributed by atoms with Crippen molar-refractivity contribution in [3.63, 3.8) is 0 Å². The van der Waals surface area contributed by atoms with Gasteiger partial charge >= 0.3 is 0 Å². The first-order valence-corrected chi connectivity index (χ1v) is 8.33. The van der Waals surface area contributed by atoms with Gasteiger partial charge in [-0.05, 0) is 48.5 Å². The maximum absolute atomic E-state index is 13.0. The van der Waals surface area contributed by atoms with E-state index in [9.17, 15) is 9.18 Å². The van der Waals surface area contributed by atoms with E-state index in [4.69, 9.17) is 0 Å². The first-order valence-electron chi connectivity index (χ1n) is 8.33. The molecule has 6 heteroatoms. The summed E-state index contributed by atoms with van der Waals surface area (Å²) in [6, 6.07) is 18.8. The Bertz CT molecular complexity index is 1090. The summed E-state index contributed by atoms with van der Waals surface area (Å²) < 4.78 is 13.0. The number of para-hydroxylation sites is 1. The Morgan fingerprint density at radius 3 is 2.41 bits per heavy atom. The molecule has 0 aliphatic rings. The Balaban J connectivity index is 1.50. The van der Waals surface area contributed by atoms with Crippen LogP contribution in [0.2, 0.25) is 0 Å². The number of anilines is 3. The molecule has 1 amide bonds. The van der Waals surface area contributed by atoms with E-state index in [0.29, 0.717) is 11.4 Å². The Hall–Kier alpha value is -3.80. The Kier molecular flexibility index (Phi) is 4.45. The standard InChI is InChI=1S/C21H15FN4O/c22-15-6-8-16(9-7-15)25-17-10-11-19(24-13-17)21(27)26-18-5-1-3-14-4-2-12-23-20(14)18/h1-13,25H,(H,26,27). The van der Waals surface area contributed by atoms with Crippen LogP contribution in [0.1, 0.15) is 10.5 Å². The topological polar surface area (TPSA) is 66.9 Å². The minimum Gasteiger partial charge on any atom is -0.354 e. The van der Waals surface area contributed by atoms with Crippen LogP contribution in [0.5, 0.6) is 0 Å². The van der Waals surface area contributed by atoms with Crippen LogP contribution in [0.3, 0.4) is 0 Å². The van der Waals surface area contributed by atoms with Crippen molar-refractivity contribution in [3.05, 3.63) is 90.6 Å². The summed E-state index contributed by atoms with van der Waals surface area (Å²) >= 11 is 0. The number of benzene rings is 2. The van der Waals surface area contributed by atoms with Crippen molar-refractivity contribution in [2.75, 3.05) is 10.6 Å². The summed E-state index contributed by atoms with van der Waals surface area (Å²) in [5.74, 6) is -0.616. The average molecular weight is 358 g/mol. The number of aromatic nitrogens is 2. The number of nitrogens with one attached hydrogen (secondary N) is 2. The third-order valence-electron chi connectivity index (χ3n) is 4.01. The van der Waals surface area contributed by atoms with E-state index in [1.54, 1.807) is 42.7 Å². The lowest BCUT2D eigenvalue weighted by molar-refractivity contribution is 0.102. The summed E-state index contributed by atoms with van der Waals surface area (Å²) in [6.45, 7) is 0. The fourth-order valence-electron chi connectivity index (χ4n) is 2.69. The fourth-order valence-corrected chi connectivity index (χ4v) is 2.69. The molecule has 0 spiro atoms. The van der Waals surface area contributed by atoms with Crippen LogP contribution in [0, 0.1) is 5.82 Å². The van der Waals surface area contributed by atoms with Gasteiger partial charge in [0.1, 0.15) is 11.5 Å². The van der Waals surface area contributed by atoms with Crippen LogP contribution in [0.4, 0.5) is 21.5 Å². The molecule has 0 unspecified atom stereocenters. The molecule has 0 radical (unpaired) electrons. The van der Waals surface area contributed by atoms with Gasteiger partial charge in [-0.3, -0.25) is 9.78 Å². The highest BCUT2D eigenvalue weighted by molar-refractivity contribution is 6.07. The number of hydrogen-bond acceptors (Lipinski definition) is 4. The zero-order valence-electron chi connectivity index (χ0n) is 14.2. The molecule has 132 valence electrons. The molecule has 27 heavy (non-hydrogen) atoms. The van der Waals surface area contributed by atoms with Crippen LogP contribution in [-0.2, 0) is 0 Å². The second kappa shape index (κ2) is 7.21. The van der Waals surface area contributed by atoms with Gasteiger partial charge in [0.2, 0.25) is 0 Å². The van der Waals surface area contributed by atoms with E-state index in [-0.39, 0.29) is 17.4 Å². The fraction of sp³-hybridized carbons (Fsp3) is 0. The quantitative estimate of drug-likeness (QED) is 0.552. The zero-order valence-corrected chi connectivity index (χ0v) is 14.2. The zero-order chi connectivity index (χ0) is 18.6. The number of amides is 1. The van der Waals surface area contributed by atoms with E-state index in [0.717, 1.165) is 16.6 Å². The monoisotopic (exact) mass is 358 g/mol. The maximum atomic E-state index is 13.0. The van der Waals surface area contributed by atoms with Crippen LogP contribution >= 0.6 is 0 Å². The summed E-state index contributed by atoms with van der Waals surface area (Å²) in [5, 5.41) is 6.90. The molecule has 0 saturated heterocycles. The molecule has 4 rings (SSSR count). The number of carbonyl (C=O) groups is 1. The molecule has 5 nitrogen and oxygen atoms in total. The van der Waals surface area contributed by atoms with Gasteiger partial charge in [0, 0.05) is 17.3 Å². The van der Waals surface area contributed by atoms with Gasteiger partial charge in [0.05, 0.1) is 23.1 Å². The predicted octanol–water partition coefficient (Wildman–Crippen LogP) is 4.76. The summed E-state index contributed by atoms with van der Waals surface area (Å²) in [6.07, 6.45) is 3.24. The van der Waals surface area contributed by atoms with E-state index in [2.05, 4.69) is 20.6 Å². The Morgan fingerprint density at radius 2 is 1.63 bits per heavy atom. The molecule has 0 bridgehead atoms. The molecule has 2 aromatic carbocycles. The molecular formula is C21H15FN4O. The molecule has 0 saturated carbocycles. The second-order valence-electron chi connectivity index (χ2n) is 5.90. The van der Waals surface area contributed by atoms with Crippen LogP contribution in [0.25, 0.3) is 10.9 Å². The number of rotatable bonds is 4. The van der Waals surface area contributed by atoms with Crippen LogP contribution < -0.4 is 10.6 Å². The van der Waals surface area contributed by atoms with E-state index in [1.807, 2.05) is 24.3 Å². The van der Waals surface area contributed by atoms with Crippen LogP contribution in [-0.4, -0.2) is 15.9 Å². The summed E-state index contributed by atoms with van der Waals surface area (Å²) in [7, 11) is 0. The Morgan fingerprint density at radius 1 is 0.852 bits per heavy atom. The van der Waals surface area contributed by atoms with Crippen molar-refractivity contribution >= 4 is 33.9 Å². The second-order valence-corrected chi connectivity index (χ2v) is 5.90. The number of pyridine rings is 2. The molecule has 0 atom stereocenters. The van der Waals surface area contributed by atoms with Crippen molar-refractivity contribution in [2.45, 2.75) is 0 Å². The van der Waals surface area contributed by atoms with Gasteiger partial charge < -0.3 is 10.6 Å². The van der Waals surface area contributed by atoms with Gasteiger partial charge in [0.15, 0.2) is 0 Å². The minimum absolute atomic E-state index is 0.285. The smallest absolute Gasteiger partial charge is 0.274 e. The third-order valence-corrected chi connectivity index (χ3v) is 4.01. The third kappa shape index (κ3) is 3.74. The predicted molar refractivity (Wildman–Crippen MR) is 104 cm³/mol. The van der Waals surface area contributed by atoms with Gasteiger partial charge in [-0.15, -0.1) is 0 Å². The highest BCUT2D eigenvalue weighted by Crippen LogP contribution is 2.21. The number of nitrogens with zero attached hydrogens (tertiary/aromatic N) is 2. The van der Waals surface area contributed by atoms with Gasteiger partial charge in [-0.2, -0.15) is 0 Å². The highest BCUT2D eigenvalue weighted by Gasteiger charge is 2.10. The molecular weight excluding hydrogens is 343 g/mol. The number of fused-ring (bicyclic) bond motifs is 1. The van der Waals surface area contributed by atoms with Crippen LogP contribution in [0.15, 0.2) is 79.1 Å².